The van der Waals surface area contributed by atoms with Crippen LogP contribution in [0.5, 0.6) is 0 Å². The Balaban J connectivity index is 2.02. The van der Waals surface area contributed by atoms with Crippen molar-refractivity contribution in [2.75, 3.05) is 0 Å². The van der Waals surface area contributed by atoms with E-state index in [1.165, 1.54) is 12.1 Å². The standard InChI is InChI=1S/C20H21FN2/c1-20(2,13-12-16-8-10-18(21)11-9-16)19(14-22)23-15-17-6-4-3-5-7-17/h3-11,15,19H,12-13H2,1-2H3/b23-15+. The molecule has 0 N–H and O–H groups in total. The molecule has 0 radical (unpaired) electrons. The van der Waals surface area contributed by atoms with E-state index in [0.29, 0.717) is 0 Å². The first-order valence-corrected chi connectivity index (χ1v) is 7.73. The van der Waals surface area contributed by atoms with E-state index < -0.39 is 6.04 Å². The molecule has 0 saturated carbocycles. The lowest BCUT2D eigenvalue weighted by Crippen LogP contribution is -2.27. The number of aliphatic imine (C=N–C) groups is 1. The molecule has 2 nitrogen and oxygen atoms in total. The third-order valence-corrected chi connectivity index (χ3v) is 4.01. The number of rotatable bonds is 6. The molecule has 118 valence electrons. The molecule has 0 spiro atoms. The lowest BCUT2D eigenvalue weighted by Gasteiger charge is -2.27. The van der Waals surface area contributed by atoms with Gasteiger partial charge in [0.25, 0.3) is 0 Å². The third-order valence-electron chi connectivity index (χ3n) is 4.01. The van der Waals surface area contributed by atoms with Crippen LogP contribution in [0.15, 0.2) is 59.6 Å². The molecule has 0 heterocycles. The van der Waals surface area contributed by atoms with E-state index in [4.69, 9.17) is 0 Å². The van der Waals surface area contributed by atoms with E-state index in [1.54, 1.807) is 18.3 Å². The van der Waals surface area contributed by atoms with E-state index in [0.717, 1.165) is 24.0 Å². The number of benzene rings is 2. The van der Waals surface area contributed by atoms with Crippen molar-refractivity contribution in [1.29, 1.82) is 5.26 Å². The fourth-order valence-electron chi connectivity index (χ4n) is 2.36. The maximum atomic E-state index is 12.9. The Hall–Kier alpha value is -2.47. The molecule has 3 heteroatoms. The second-order valence-corrected chi connectivity index (χ2v) is 6.34. The zero-order valence-electron chi connectivity index (χ0n) is 13.5. The molecular formula is C20H21FN2. The SMILES string of the molecule is CC(C)(CCc1ccc(F)cc1)C(C#N)/N=C/c1ccccc1. The first kappa shape index (κ1) is 16.9. The van der Waals surface area contributed by atoms with Crippen LogP contribution in [-0.4, -0.2) is 12.3 Å². The summed E-state index contributed by atoms with van der Waals surface area (Å²) in [5, 5.41) is 9.46. The average molecular weight is 308 g/mol. The van der Waals surface area contributed by atoms with Crippen LogP contribution >= 0.6 is 0 Å². The Bertz CT molecular complexity index is 682. The number of hydrogen-bond acceptors (Lipinski definition) is 2. The quantitative estimate of drug-likeness (QED) is 0.706. The van der Waals surface area contributed by atoms with Crippen LogP contribution < -0.4 is 0 Å². The molecule has 0 bridgehead atoms. The van der Waals surface area contributed by atoms with Gasteiger partial charge in [-0.25, -0.2) is 4.39 Å². The Morgan fingerprint density at radius 1 is 1.13 bits per heavy atom. The molecule has 0 aromatic heterocycles. The van der Waals surface area contributed by atoms with Crippen molar-refractivity contribution >= 4 is 6.21 Å². The molecule has 0 fully saturated rings. The van der Waals surface area contributed by atoms with Crippen LogP contribution in [0.2, 0.25) is 0 Å². The summed E-state index contributed by atoms with van der Waals surface area (Å²) in [4.78, 5) is 4.46. The molecule has 0 aliphatic rings. The van der Waals surface area contributed by atoms with Crippen molar-refractivity contribution in [2.24, 2.45) is 10.4 Å². The second-order valence-electron chi connectivity index (χ2n) is 6.34. The topological polar surface area (TPSA) is 36.1 Å². The van der Waals surface area contributed by atoms with E-state index in [-0.39, 0.29) is 11.2 Å². The summed E-state index contributed by atoms with van der Waals surface area (Å²) < 4.78 is 12.9. The zero-order valence-corrected chi connectivity index (χ0v) is 13.5. The highest BCUT2D eigenvalue weighted by molar-refractivity contribution is 5.79. The molecule has 2 rings (SSSR count). The molecule has 1 atom stereocenters. The normalized spacial score (nSPS) is 13.0. The predicted molar refractivity (Wildman–Crippen MR) is 91.9 cm³/mol. The van der Waals surface area contributed by atoms with Gasteiger partial charge in [-0.2, -0.15) is 5.26 Å². The highest BCUT2D eigenvalue weighted by atomic mass is 19.1. The van der Waals surface area contributed by atoms with E-state index in [1.807, 2.05) is 44.2 Å². The number of halogens is 1. The van der Waals surface area contributed by atoms with E-state index >= 15 is 0 Å². The minimum Gasteiger partial charge on any atom is -0.273 e. The first-order chi connectivity index (χ1) is 11.0. The van der Waals surface area contributed by atoms with Crippen LogP contribution in [0.25, 0.3) is 0 Å². The maximum absolute atomic E-state index is 12.9. The molecule has 0 aliphatic heterocycles. The highest BCUT2D eigenvalue weighted by Gasteiger charge is 2.28. The second kappa shape index (κ2) is 7.69. The summed E-state index contributed by atoms with van der Waals surface area (Å²) in [6.45, 7) is 4.10. The Kier molecular flexibility index (Phi) is 5.65. The number of hydrogen-bond donors (Lipinski definition) is 0. The summed E-state index contributed by atoms with van der Waals surface area (Å²) >= 11 is 0. The van der Waals surface area contributed by atoms with Gasteiger partial charge < -0.3 is 0 Å². The fourth-order valence-corrected chi connectivity index (χ4v) is 2.36. The Morgan fingerprint density at radius 2 is 1.78 bits per heavy atom. The summed E-state index contributed by atoms with van der Waals surface area (Å²) in [5.41, 5.74) is 1.80. The molecule has 0 saturated heterocycles. The van der Waals surface area contributed by atoms with Crippen molar-refractivity contribution in [2.45, 2.75) is 32.7 Å². The minimum atomic E-state index is -0.414. The number of aryl methyl sites for hydroxylation is 1. The van der Waals surface area contributed by atoms with E-state index in [9.17, 15) is 9.65 Å². The van der Waals surface area contributed by atoms with Crippen LogP contribution in [-0.2, 0) is 6.42 Å². The summed E-state index contributed by atoms with van der Waals surface area (Å²) in [6.07, 6.45) is 3.36. The van der Waals surface area contributed by atoms with Crippen molar-refractivity contribution < 1.29 is 4.39 Å². The molecule has 0 aliphatic carbocycles. The van der Waals surface area contributed by atoms with Gasteiger partial charge in [-0.05, 0) is 36.1 Å². The maximum Gasteiger partial charge on any atom is 0.141 e. The Morgan fingerprint density at radius 3 is 2.39 bits per heavy atom. The van der Waals surface area contributed by atoms with Gasteiger partial charge in [0.15, 0.2) is 0 Å². The number of nitriles is 1. The van der Waals surface area contributed by atoms with Crippen LogP contribution in [0.3, 0.4) is 0 Å². The lowest BCUT2D eigenvalue weighted by molar-refractivity contribution is 0.305. The fraction of sp³-hybridized carbons (Fsp3) is 0.300. The van der Waals surface area contributed by atoms with Gasteiger partial charge in [0.1, 0.15) is 11.9 Å². The van der Waals surface area contributed by atoms with Crippen LogP contribution in [0, 0.1) is 22.6 Å². The molecule has 0 amide bonds. The van der Waals surface area contributed by atoms with Gasteiger partial charge in [0.05, 0.1) is 6.07 Å². The molecular weight excluding hydrogens is 287 g/mol. The van der Waals surface area contributed by atoms with Crippen molar-refractivity contribution in [1.82, 2.24) is 0 Å². The third kappa shape index (κ3) is 5.03. The molecule has 1 unspecified atom stereocenters. The zero-order chi connectivity index (χ0) is 16.7. The van der Waals surface area contributed by atoms with Gasteiger partial charge in [0.2, 0.25) is 0 Å². The largest absolute Gasteiger partial charge is 0.273 e. The lowest BCUT2D eigenvalue weighted by atomic mass is 9.80. The summed E-state index contributed by atoms with van der Waals surface area (Å²) in [6, 6.07) is 18.2. The van der Waals surface area contributed by atoms with Crippen molar-refractivity contribution in [3.05, 3.63) is 71.5 Å². The minimum absolute atomic E-state index is 0.227. The van der Waals surface area contributed by atoms with Crippen molar-refractivity contribution in [3.63, 3.8) is 0 Å². The van der Waals surface area contributed by atoms with Gasteiger partial charge in [-0.1, -0.05) is 56.3 Å². The van der Waals surface area contributed by atoms with Gasteiger partial charge in [0, 0.05) is 11.6 Å². The monoisotopic (exact) mass is 308 g/mol. The van der Waals surface area contributed by atoms with Gasteiger partial charge in [-0.15, -0.1) is 0 Å². The number of nitrogens with zero attached hydrogens (tertiary/aromatic N) is 2. The molecule has 2 aromatic rings. The van der Waals surface area contributed by atoms with Gasteiger partial charge in [-0.3, -0.25) is 4.99 Å². The van der Waals surface area contributed by atoms with Gasteiger partial charge >= 0.3 is 0 Å². The average Bonchev–Trinajstić information content (AvgIpc) is 2.56. The Labute approximate surface area is 137 Å². The van der Waals surface area contributed by atoms with Crippen LogP contribution in [0.1, 0.15) is 31.4 Å². The first-order valence-electron chi connectivity index (χ1n) is 7.73. The van der Waals surface area contributed by atoms with E-state index in [2.05, 4.69) is 11.1 Å². The molecule has 23 heavy (non-hydrogen) atoms. The predicted octanol–water partition coefficient (Wildman–Crippen LogP) is 4.80. The summed E-state index contributed by atoms with van der Waals surface area (Å²) in [5.74, 6) is -0.227. The highest BCUT2D eigenvalue weighted by Crippen LogP contribution is 2.29. The van der Waals surface area contributed by atoms with Crippen molar-refractivity contribution in [3.8, 4) is 6.07 Å². The smallest absolute Gasteiger partial charge is 0.141 e. The summed E-state index contributed by atoms with van der Waals surface area (Å²) in [7, 11) is 0. The molecule has 2 aromatic carbocycles. The van der Waals surface area contributed by atoms with Crippen LogP contribution in [0.4, 0.5) is 4.39 Å².